The second-order valence-corrected chi connectivity index (χ2v) is 4.95. The lowest BCUT2D eigenvalue weighted by atomic mass is 9.89. The van der Waals surface area contributed by atoms with Gasteiger partial charge in [-0.1, -0.05) is 52.5 Å². The summed E-state index contributed by atoms with van der Waals surface area (Å²) in [5, 5.41) is 2.46. The Hall–Kier alpha value is -0.960. The van der Waals surface area contributed by atoms with Gasteiger partial charge in [-0.15, -0.1) is 0 Å². The van der Waals surface area contributed by atoms with E-state index < -0.39 is 0 Å². The number of amides is 1. The molecule has 0 spiro atoms. The summed E-state index contributed by atoms with van der Waals surface area (Å²) in [6.45, 7) is 8.59. The van der Waals surface area contributed by atoms with Gasteiger partial charge in [-0.2, -0.15) is 0 Å². The molecule has 0 aromatic heterocycles. The maximum Gasteiger partial charge on any atom is 0.280 e. The topological polar surface area (TPSA) is 29.1 Å². The van der Waals surface area contributed by atoms with Gasteiger partial charge >= 0.3 is 0 Å². The Kier molecular flexibility index (Phi) is 4.42. The normalized spacial score (nSPS) is 10.9. The molecule has 1 rings (SSSR count). The van der Waals surface area contributed by atoms with E-state index in [1.165, 1.54) is 11.1 Å². The number of thiol groups is 1. The molecule has 88 valence electrons. The molecule has 0 heterocycles. The van der Waals surface area contributed by atoms with Crippen molar-refractivity contribution in [3.8, 4) is 0 Å². The van der Waals surface area contributed by atoms with Gasteiger partial charge in [0, 0.05) is 5.69 Å². The smallest absolute Gasteiger partial charge is 0.280 e. The number of carbonyl (C=O) groups is 1. The maximum absolute atomic E-state index is 11.0. The zero-order chi connectivity index (χ0) is 12.3. The SMILES string of the molecule is CC(C)c1cccc(NC(=O)S)c1C(C)C. The first-order valence-electron chi connectivity index (χ1n) is 5.56. The highest BCUT2D eigenvalue weighted by Crippen LogP contribution is 2.32. The molecule has 0 aliphatic heterocycles. The van der Waals surface area contributed by atoms with Crippen molar-refractivity contribution in [2.75, 3.05) is 5.32 Å². The third kappa shape index (κ3) is 3.01. The number of hydrogen-bond donors (Lipinski definition) is 2. The molecular formula is C13H19NOS. The van der Waals surface area contributed by atoms with Crippen LogP contribution in [0, 0.1) is 0 Å². The van der Waals surface area contributed by atoms with E-state index >= 15 is 0 Å². The molecule has 0 radical (unpaired) electrons. The number of anilines is 1. The van der Waals surface area contributed by atoms with E-state index in [1.54, 1.807) is 0 Å². The molecule has 16 heavy (non-hydrogen) atoms. The van der Waals surface area contributed by atoms with Crippen LogP contribution in [0.3, 0.4) is 0 Å². The van der Waals surface area contributed by atoms with Gasteiger partial charge in [0.15, 0.2) is 0 Å². The van der Waals surface area contributed by atoms with Crippen molar-refractivity contribution in [1.29, 1.82) is 0 Å². The van der Waals surface area contributed by atoms with Crippen LogP contribution in [-0.4, -0.2) is 5.24 Å². The van der Waals surface area contributed by atoms with E-state index in [0.717, 1.165) is 5.69 Å². The molecule has 0 aliphatic rings. The van der Waals surface area contributed by atoms with E-state index in [9.17, 15) is 4.79 Å². The molecule has 0 saturated heterocycles. The van der Waals surface area contributed by atoms with Crippen LogP contribution >= 0.6 is 12.6 Å². The van der Waals surface area contributed by atoms with Crippen LogP contribution < -0.4 is 5.32 Å². The summed E-state index contributed by atoms with van der Waals surface area (Å²) in [7, 11) is 0. The third-order valence-corrected chi connectivity index (χ3v) is 2.69. The molecule has 3 heteroatoms. The van der Waals surface area contributed by atoms with Crippen molar-refractivity contribution in [1.82, 2.24) is 0 Å². The van der Waals surface area contributed by atoms with Gasteiger partial charge in [-0.05, 0) is 29.0 Å². The predicted octanol–water partition coefficient (Wildman–Crippen LogP) is 4.40. The zero-order valence-electron chi connectivity index (χ0n) is 10.2. The average Bonchev–Trinajstić information content (AvgIpc) is 2.15. The van der Waals surface area contributed by atoms with E-state index in [-0.39, 0.29) is 5.24 Å². The first-order valence-corrected chi connectivity index (χ1v) is 6.01. The van der Waals surface area contributed by atoms with Crippen molar-refractivity contribution in [3.05, 3.63) is 29.3 Å². The van der Waals surface area contributed by atoms with Crippen molar-refractivity contribution < 1.29 is 4.79 Å². The van der Waals surface area contributed by atoms with Crippen LogP contribution in [-0.2, 0) is 0 Å². The number of carbonyl (C=O) groups excluding carboxylic acids is 1. The Balaban J connectivity index is 3.26. The van der Waals surface area contributed by atoms with E-state index in [1.807, 2.05) is 12.1 Å². The summed E-state index contributed by atoms with van der Waals surface area (Å²) in [5.41, 5.74) is 3.37. The van der Waals surface area contributed by atoms with E-state index in [4.69, 9.17) is 0 Å². The predicted molar refractivity (Wildman–Crippen MR) is 72.6 cm³/mol. The zero-order valence-corrected chi connectivity index (χ0v) is 11.1. The number of rotatable bonds is 3. The van der Waals surface area contributed by atoms with Gasteiger partial charge in [0.25, 0.3) is 5.24 Å². The fourth-order valence-electron chi connectivity index (χ4n) is 1.96. The van der Waals surface area contributed by atoms with Crippen LogP contribution in [0.4, 0.5) is 10.5 Å². The van der Waals surface area contributed by atoms with Crippen LogP contribution in [0.1, 0.15) is 50.7 Å². The first kappa shape index (κ1) is 13.1. The second-order valence-electron chi connectivity index (χ2n) is 4.55. The van der Waals surface area contributed by atoms with Crippen LogP contribution in [0.5, 0.6) is 0 Å². The first-order chi connectivity index (χ1) is 7.43. The Morgan fingerprint density at radius 2 is 1.81 bits per heavy atom. The minimum absolute atomic E-state index is 0.317. The molecule has 2 nitrogen and oxygen atoms in total. The molecule has 0 fully saturated rings. The summed E-state index contributed by atoms with van der Waals surface area (Å²) in [5.74, 6) is 0.836. The van der Waals surface area contributed by atoms with Crippen LogP contribution in [0.15, 0.2) is 18.2 Å². The number of hydrogen-bond acceptors (Lipinski definition) is 1. The molecule has 1 aromatic carbocycles. The van der Waals surface area contributed by atoms with Crippen molar-refractivity contribution in [2.24, 2.45) is 0 Å². The summed E-state index contributed by atoms with van der Waals surface area (Å²) >= 11 is 3.76. The van der Waals surface area contributed by atoms with Gasteiger partial charge in [0.2, 0.25) is 0 Å². The lowest BCUT2D eigenvalue weighted by molar-refractivity contribution is 0.270. The molecule has 0 saturated carbocycles. The Labute approximate surface area is 103 Å². The van der Waals surface area contributed by atoms with Gasteiger partial charge < -0.3 is 5.32 Å². The Morgan fingerprint density at radius 1 is 1.19 bits per heavy atom. The monoisotopic (exact) mass is 237 g/mol. The number of nitrogens with one attached hydrogen (secondary N) is 1. The van der Waals surface area contributed by atoms with E-state index in [2.05, 4.69) is 51.7 Å². The minimum atomic E-state index is -0.317. The highest BCUT2D eigenvalue weighted by Gasteiger charge is 2.14. The molecule has 0 aliphatic carbocycles. The summed E-state index contributed by atoms with van der Waals surface area (Å²) in [6, 6.07) is 6.02. The fourth-order valence-corrected chi connectivity index (χ4v) is 2.08. The van der Waals surface area contributed by atoms with Gasteiger partial charge in [-0.25, -0.2) is 0 Å². The highest BCUT2D eigenvalue weighted by atomic mass is 32.1. The summed E-state index contributed by atoms with van der Waals surface area (Å²) < 4.78 is 0. The summed E-state index contributed by atoms with van der Waals surface area (Å²) in [6.07, 6.45) is 0. The number of benzene rings is 1. The van der Waals surface area contributed by atoms with E-state index in [0.29, 0.717) is 11.8 Å². The average molecular weight is 237 g/mol. The third-order valence-electron chi connectivity index (χ3n) is 2.58. The van der Waals surface area contributed by atoms with Crippen molar-refractivity contribution in [2.45, 2.75) is 39.5 Å². The lowest BCUT2D eigenvalue weighted by Crippen LogP contribution is -2.08. The van der Waals surface area contributed by atoms with Crippen LogP contribution in [0.25, 0.3) is 0 Å². The minimum Gasteiger partial charge on any atom is -0.317 e. The second kappa shape index (κ2) is 5.39. The highest BCUT2D eigenvalue weighted by molar-refractivity contribution is 7.96. The molecular weight excluding hydrogens is 218 g/mol. The Morgan fingerprint density at radius 3 is 2.25 bits per heavy atom. The standard InChI is InChI=1S/C13H19NOS/c1-8(2)10-6-5-7-11(14-13(15)16)12(10)9(3)4/h5-9H,1-4H3,(H2,14,15,16). The van der Waals surface area contributed by atoms with Crippen molar-refractivity contribution >= 4 is 23.6 Å². The van der Waals surface area contributed by atoms with Gasteiger partial charge in [-0.3, -0.25) is 4.79 Å². The molecule has 0 bridgehead atoms. The molecule has 0 atom stereocenters. The Bertz CT molecular complexity index is 386. The lowest BCUT2D eigenvalue weighted by Gasteiger charge is -2.19. The van der Waals surface area contributed by atoms with Crippen LogP contribution in [0.2, 0.25) is 0 Å². The molecule has 1 N–H and O–H groups in total. The maximum atomic E-state index is 11.0. The van der Waals surface area contributed by atoms with Gasteiger partial charge in [0.05, 0.1) is 0 Å². The summed E-state index contributed by atoms with van der Waals surface area (Å²) in [4.78, 5) is 11.0. The van der Waals surface area contributed by atoms with Crippen molar-refractivity contribution in [3.63, 3.8) is 0 Å². The molecule has 0 unspecified atom stereocenters. The molecule has 1 amide bonds. The fraction of sp³-hybridized carbons (Fsp3) is 0.462. The molecule has 1 aromatic rings. The van der Waals surface area contributed by atoms with Gasteiger partial charge in [0.1, 0.15) is 0 Å². The largest absolute Gasteiger partial charge is 0.317 e. The quantitative estimate of drug-likeness (QED) is 0.750.